The van der Waals surface area contributed by atoms with Gasteiger partial charge < -0.3 is 19.5 Å². The van der Waals surface area contributed by atoms with Crippen LogP contribution in [-0.2, 0) is 4.79 Å². The van der Waals surface area contributed by atoms with Crippen molar-refractivity contribution >= 4 is 17.7 Å². The molecule has 1 aliphatic rings. The van der Waals surface area contributed by atoms with Gasteiger partial charge in [0, 0.05) is 11.8 Å². The number of hydrogen-bond acceptors (Lipinski definition) is 5. The predicted molar refractivity (Wildman–Crippen MR) is 97.8 cm³/mol. The van der Waals surface area contributed by atoms with Crippen LogP contribution in [-0.4, -0.2) is 31.9 Å². The van der Waals surface area contributed by atoms with Gasteiger partial charge in [0.2, 0.25) is 5.91 Å². The molecular weight excluding hydrogens is 389 g/mol. The van der Waals surface area contributed by atoms with Gasteiger partial charge in [0.1, 0.15) is 25.0 Å². The van der Waals surface area contributed by atoms with Crippen LogP contribution >= 0.6 is 0 Å². The largest absolute Gasteiger partial charge is 0.486 e. The van der Waals surface area contributed by atoms with Crippen LogP contribution in [0.1, 0.15) is 11.1 Å². The summed E-state index contributed by atoms with van der Waals surface area (Å²) in [5.41, 5.74) is 0.846. The Hall–Kier alpha value is -3.67. The van der Waals surface area contributed by atoms with Gasteiger partial charge in [-0.25, -0.2) is 0 Å². The van der Waals surface area contributed by atoms with Gasteiger partial charge in [-0.05, 0) is 42.0 Å². The second-order valence-electron chi connectivity index (χ2n) is 5.95. The van der Waals surface area contributed by atoms with E-state index in [9.17, 15) is 18.0 Å². The summed E-state index contributed by atoms with van der Waals surface area (Å²) in [5.74, 6) is 0.531. The number of alkyl halides is 3. The molecule has 0 radical (unpaired) electrons. The lowest BCUT2D eigenvalue weighted by atomic mass is 10.1. The van der Waals surface area contributed by atoms with Crippen LogP contribution in [0.15, 0.2) is 42.5 Å². The van der Waals surface area contributed by atoms with Crippen molar-refractivity contribution < 1.29 is 32.2 Å². The van der Waals surface area contributed by atoms with E-state index in [-0.39, 0.29) is 17.0 Å². The first-order valence-electron chi connectivity index (χ1n) is 8.46. The van der Waals surface area contributed by atoms with Crippen LogP contribution in [0.5, 0.6) is 17.2 Å². The predicted octanol–water partition coefficient (Wildman–Crippen LogP) is 3.92. The van der Waals surface area contributed by atoms with Crippen molar-refractivity contribution in [3.63, 3.8) is 0 Å². The van der Waals surface area contributed by atoms with E-state index in [0.29, 0.717) is 24.7 Å². The maximum absolute atomic E-state index is 12.3. The first-order chi connectivity index (χ1) is 13.8. The number of nitriles is 1. The number of anilines is 1. The summed E-state index contributed by atoms with van der Waals surface area (Å²) in [5, 5.41) is 11.6. The van der Waals surface area contributed by atoms with Gasteiger partial charge in [0.15, 0.2) is 18.1 Å². The minimum atomic E-state index is -4.52. The molecule has 1 N–H and O–H groups in total. The van der Waals surface area contributed by atoms with Gasteiger partial charge >= 0.3 is 6.18 Å². The normalized spacial score (nSPS) is 13.0. The maximum atomic E-state index is 12.3. The summed E-state index contributed by atoms with van der Waals surface area (Å²) in [6, 6.07) is 10.8. The van der Waals surface area contributed by atoms with E-state index in [1.54, 1.807) is 30.3 Å². The molecule has 0 bridgehead atoms. The van der Waals surface area contributed by atoms with Crippen LogP contribution in [0.3, 0.4) is 0 Å². The highest BCUT2D eigenvalue weighted by molar-refractivity contribution is 6.02. The quantitative estimate of drug-likeness (QED) is 0.764. The van der Waals surface area contributed by atoms with Crippen molar-refractivity contribution in [1.82, 2.24) is 0 Å². The molecule has 2 aromatic rings. The Kier molecular flexibility index (Phi) is 5.93. The lowest BCUT2D eigenvalue weighted by Gasteiger charge is -2.18. The molecule has 0 unspecified atom stereocenters. The monoisotopic (exact) mass is 404 g/mol. The number of amides is 1. The summed E-state index contributed by atoms with van der Waals surface area (Å²) in [4.78, 5) is 12.1. The summed E-state index contributed by atoms with van der Waals surface area (Å²) in [6.45, 7) is -0.578. The Labute approximate surface area is 164 Å². The maximum Gasteiger partial charge on any atom is 0.422 e. The third-order valence-electron chi connectivity index (χ3n) is 3.75. The molecule has 0 saturated carbocycles. The van der Waals surface area contributed by atoms with Crippen LogP contribution < -0.4 is 19.5 Å². The van der Waals surface area contributed by atoms with Crippen molar-refractivity contribution in [3.8, 4) is 23.3 Å². The fraction of sp³-hybridized carbons (Fsp3) is 0.200. The number of rotatable bonds is 5. The molecule has 0 saturated heterocycles. The number of carbonyl (C=O) groups excluding carboxylic acids is 1. The second kappa shape index (κ2) is 8.56. The number of nitrogens with one attached hydrogen (secondary N) is 1. The molecule has 0 atom stereocenters. The van der Waals surface area contributed by atoms with Gasteiger partial charge in [-0.1, -0.05) is 6.07 Å². The topological polar surface area (TPSA) is 80.6 Å². The number of hydrogen-bond donors (Lipinski definition) is 1. The molecule has 0 aromatic heterocycles. The average molecular weight is 404 g/mol. The lowest BCUT2D eigenvalue weighted by molar-refractivity contribution is -0.153. The van der Waals surface area contributed by atoms with Crippen LogP contribution in [0.4, 0.5) is 18.9 Å². The number of carbonyl (C=O) groups is 1. The van der Waals surface area contributed by atoms with Crippen molar-refractivity contribution in [2.45, 2.75) is 6.18 Å². The fourth-order valence-corrected chi connectivity index (χ4v) is 2.50. The van der Waals surface area contributed by atoms with Gasteiger partial charge in [0.05, 0.1) is 5.56 Å². The van der Waals surface area contributed by atoms with Gasteiger partial charge in [-0.3, -0.25) is 4.79 Å². The Bertz CT molecular complexity index is 981. The van der Waals surface area contributed by atoms with Crippen molar-refractivity contribution in [2.24, 2.45) is 0 Å². The first-order valence-corrected chi connectivity index (χ1v) is 8.46. The van der Waals surface area contributed by atoms with Crippen molar-refractivity contribution in [1.29, 1.82) is 5.26 Å². The van der Waals surface area contributed by atoms with E-state index in [4.69, 9.17) is 14.7 Å². The molecule has 6 nitrogen and oxygen atoms in total. The second-order valence-corrected chi connectivity index (χ2v) is 5.95. The van der Waals surface area contributed by atoms with E-state index in [1.807, 2.05) is 0 Å². The van der Waals surface area contributed by atoms with E-state index >= 15 is 0 Å². The number of halogens is 3. The Morgan fingerprint density at radius 2 is 1.93 bits per heavy atom. The molecule has 0 spiro atoms. The van der Waals surface area contributed by atoms with Crippen LogP contribution in [0, 0.1) is 11.3 Å². The smallest absolute Gasteiger partial charge is 0.422 e. The Morgan fingerprint density at radius 1 is 1.17 bits per heavy atom. The summed E-state index contributed by atoms with van der Waals surface area (Å²) in [6.07, 6.45) is -1.66. The average Bonchev–Trinajstić information content (AvgIpc) is 2.70. The molecular formula is C20H15F3N2O4. The standard InChI is InChI=1S/C20H15F3N2O4/c21-20(22,23)12-29-16-5-3-15(10-14(16)11-24)25-19(26)6-2-13-1-4-17-18(9-13)28-8-7-27-17/h1-6,9-10H,7-8,12H2,(H,25,26). The Morgan fingerprint density at radius 3 is 2.66 bits per heavy atom. The van der Waals surface area contributed by atoms with Gasteiger partial charge in [-0.15, -0.1) is 0 Å². The minimum absolute atomic E-state index is 0.122. The van der Waals surface area contributed by atoms with Gasteiger partial charge in [-0.2, -0.15) is 18.4 Å². The Balaban J connectivity index is 1.64. The molecule has 0 fully saturated rings. The molecule has 150 valence electrons. The summed E-state index contributed by atoms with van der Waals surface area (Å²) >= 11 is 0. The highest BCUT2D eigenvalue weighted by Crippen LogP contribution is 2.31. The third kappa shape index (κ3) is 5.65. The zero-order chi connectivity index (χ0) is 20.9. The molecule has 1 heterocycles. The van der Waals surface area contributed by atoms with Crippen LogP contribution in [0.2, 0.25) is 0 Å². The minimum Gasteiger partial charge on any atom is -0.486 e. The van der Waals surface area contributed by atoms with Crippen molar-refractivity contribution in [2.75, 3.05) is 25.1 Å². The molecule has 1 amide bonds. The number of benzene rings is 2. The van der Waals surface area contributed by atoms with E-state index in [1.165, 1.54) is 24.3 Å². The highest BCUT2D eigenvalue weighted by Gasteiger charge is 2.28. The first kappa shape index (κ1) is 20.1. The number of ether oxygens (including phenoxy) is 3. The number of nitrogens with zero attached hydrogens (tertiary/aromatic N) is 1. The zero-order valence-corrected chi connectivity index (χ0v) is 15.0. The lowest BCUT2D eigenvalue weighted by Crippen LogP contribution is -2.19. The third-order valence-corrected chi connectivity index (χ3v) is 3.75. The van der Waals surface area contributed by atoms with Crippen molar-refractivity contribution in [3.05, 3.63) is 53.6 Å². The highest BCUT2D eigenvalue weighted by atomic mass is 19.4. The van der Waals surface area contributed by atoms with Crippen LogP contribution in [0.25, 0.3) is 6.08 Å². The number of fused-ring (bicyclic) bond motifs is 1. The SMILES string of the molecule is N#Cc1cc(NC(=O)C=Cc2ccc3c(c2)OCCO3)ccc1OCC(F)(F)F. The molecule has 3 rings (SSSR count). The van der Waals surface area contributed by atoms with E-state index in [0.717, 1.165) is 5.56 Å². The molecule has 2 aromatic carbocycles. The molecule has 9 heteroatoms. The molecule has 1 aliphatic heterocycles. The van der Waals surface area contributed by atoms with Gasteiger partial charge in [0.25, 0.3) is 0 Å². The molecule has 0 aliphatic carbocycles. The fourth-order valence-electron chi connectivity index (χ4n) is 2.50. The molecule has 29 heavy (non-hydrogen) atoms. The summed E-state index contributed by atoms with van der Waals surface area (Å²) < 4.78 is 52.3. The summed E-state index contributed by atoms with van der Waals surface area (Å²) in [7, 11) is 0. The van der Waals surface area contributed by atoms with E-state index in [2.05, 4.69) is 10.1 Å². The zero-order valence-electron chi connectivity index (χ0n) is 15.0. The van der Waals surface area contributed by atoms with E-state index < -0.39 is 18.7 Å².